The quantitative estimate of drug-likeness (QED) is 0.0211. The monoisotopic (exact) mass is 1090 g/mol. The molecule has 0 saturated heterocycles. The van der Waals surface area contributed by atoms with E-state index in [9.17, 15) is 19.5 Å². The Hall–Kier alpha value is -2.49. The second kappa shape index (κ2) is 59.6. The normalized spacial score (nSPS) is 12.9. The molecule has 0 rings (SSSR count). The van der Waals surface area contributed by atoms with E-state index in [4.69, 9.17) is 18.9 Å². The fourth-order valence-corrected chi connectivity index (χ4v) is 9.79. The van der Waals surface area contributed by atoms with Gasteiger partial charge in [0.15, 0.2) is 6.10 Å². The van der Waals surface area contributed by atoms with E-state index in [2.05, 4.69) is 50.3 Å². The number of unbranched alkanes of at least 4 members (excludes halogenated alkanes) is 41. The average Bonchev–Trinajstić information content (AvgIpc) is 3.40. The number of hydrogen-bond acceptors (Lipinski definition) is 7. The summed E-state index contributed by atoms with van der Waals surface area (Å²) in [6.45, 7) is 4.91. The smallest absolute Gasteiger partial charge is 0.361 e. The highest BCUT2D eigenvalue weighted by molar-refractivity contribution is 5.71. The molecular weight excluding hydrogens is 959 g/mol. The van der Waals surface area contributed by atoms with E-state index in [-0.39, 0.29) is 38.2 Å². The minimum Gasteiger partial charge on any atom is -0.477 e. The lowest BCUT2D eigenvalue weighted by atomic mass is 10.0. The van der Waals surface area contributed by atoms with E-state index in [0.29, 0.717) is 17.4 Å². The lowest BCUT2D eigenvalue weighted by molar-refractivity contribution is -0.870. The van der Waals surface area contributed by atoms with Crippen LogP contribution in [0.15, 0.2) is 36.5 Å². The summed E-state index contributed by atoms with van der Waals surface area (Å²) < 4.78 is 22.9. The van der Waals surface area contributed by atoms with Crippen LogP contribution >= 0.6 is 0 Å². The molecule has 77 heavy (non-hydrogen) atoms. The summed E-state index contributed by atoms with van der Waals surface area (Å²) in [7, 11) is 5.98. The van der Waals surface area contributed by atoms with Crippen LogP contribution in [-0.2, 0) is 33.3 Å². The van der Waals surface area contributed by atoms with Crippen molar-refractivity contribution in [2.75, 3.05) is 47.5 Å². The fourth-order valence-electron chi connectivity index (χ4n) is 9.79. The van der Waals surface area contributed by atoms with Crippen molar-refractivity contribution in [3.63, 3.8) is 0 Å². The number of nitrogens with zero attached hydrogens (tertiary/aromatic N) is 1. The van der Waals surface area contributed by atoms with Crippen LogP contribution in [0.1, 0.15) is 322 Å². The van der Waals surface area contributed by atoms with Crippen LogP contribution in [0.5, 0.6) is 0 Å². The van der Waals surface area contributed by atoms with Crippen LogP contribution in [-0.4, -0.2) is 87.4 Å². The molecule has 1 N–H and O–H groups in total. The molecule has 0 amide bonds. The maximum absolute atomic E-state index is 12.9. The molecule has 0 aliphatic carbocycles. The molecule has 0 radical (unpaired) electrons. The van der Waals surface area contributed by atoms with Crippen molar-refractivity contribution >= 4 is 17.9 Å². The molecule has 452 valence electrons. The van der Waals surface area contributed by atoms with Gasteiger partial charge in [-0.05, 0) is 51.4 Å². The van der Waals surface area contributed by atoms with Crippen molar-refractivity contribution in [1.82, 2.24) is 0 Å². The van der Waals surface area contributed by atoms with Crippen molar-refractivity contribution in [2.45, 2.75) is 334 Å². The number of likely N-dealkylation sites (N-methyl/N-ethyl adjacent to an activating group) is 1. The second-order valence-electron chi connectivity index (χ2n) is 23.8. The van der Waals surface area contributed by atoms with Gasteiger partial charge >= 0.3 is 17.9 Å². The molecule has 0 aromatic carbocycles. The third-order valence-corrected chi connectivity index (χ3v) is 14.9. The molecular formula is C68H128NO8+. The zero-order valence-electron chi connectivity index (χ0n) is 51.6. The number of carboxylic acid groups (broad SMARTS) is 1. The molecule has 0 aromatic heterocycles. The van der Waals surface area contributed by atoms with E-state index in [0.717, 1.165) is 51.4 Å². The predicted molar refractivity (Wildman–Crippen MR) is 327 cm³/mol. The lowest BCUT2D eigenvalue weighted by Crippen LogP contribution is -2.40. The SMILES string of the molecule is CCCCCCC/C=C\C/C=C\C/C=C\CCCCCCCCCCCCCCCCCCCCCCCCCCC(=O)OC(COC(=O)CCCCCCCCCCCCCCC)COC(OCC[N+](C)(C)C)C(=O)O. The Morgan fingerprint density at radius 2 is 0.701 bits per heavy atom. The number of rotatable bonds is 62. The molecule has 0 fully saturated rings. The van der Waals surface area contributed by atoms with Gasteiger partial charge in [-0.3, -0.25) is 9.59 Å². The van der Waals surface area contributed by atoms with Crippen LogP contribution < -0.4 is 0 Å². The zero-order valence-corrected chi connectivity index (χ0v) is 51.6. The highest BCUT2D eigenvalue weighted by atomic mass is 16.7. The first-order chi connectivity index (χ1) is 37.6. The van der Waals surface area contributed by atoms with E-state index in [1.807, 2.05) is 21.1 Å². The number of quaternary nitrogens is 1. The molecule has 0 aromatic rings. The Kier molecular flexibility index (Phi) is 57.7. The van der Waals surface area contributed by atoms with Gasteiger partial charge in [-0.25, -0.2) is 4.79 Å². The van der Waals surface area contributed by atoms with Gasteiger partial charge in [-0.2, -0.15) is 0 Å². The molecule has 0 bridgehead atoms. The highest BCUT2D eigenvalue weighted by Gasteiger charge is 2.25. The summed E-state index contributed by atoms with van der Waals surface area (Å²) >= 11 is 0. The predicted octanol–water partition coefficient (Wildman–Crippen LogP) is 20.0. The van der Waals surface area contributed by atoms with Crippen LogP contribution in [0, 0.1) is 0 Å². The van der Waals surface area contributed by atoms with Crippen molar-refractivity contribution < 1.29 is 42.9 Å². The van der Waals surface area contributed by atoms with Crippen molar-refractivity contribution in [3.8, 4) is 0 Å². The molecule has 0 heterocycles. The Morgan fingerprint density at radius 3 is 1.04 bits per heavy atom. The number of ether oxygens (including phenoxy) is 4. The summed E-state index contributed by atoms with van der Waals surface area (Å²) in [5.74, 6) is -1.98. The summed E-state index contributed by atoms with van der Waals surface area (Å²) in [6.07, 6.45) is 71.3. The van der Waals surface area contributed by atoms with E-state index < -0.39 is 18.4 Å². The molecule has 2 unspecified atom stereocenters. The van der Waals surface area contributed by atoms with Crippen molar-refractivity contribution in [2.24, 2.45) is 0 Å². The summed E-state index contributed by atoms with van der Waals surface area (Å²) in [5, 5.41) is 9.70. The Morgan fingerprint density at radius 1 is 0.390 bits per heavy atom. The minimum atomic E-state index is -1.51. The molecule has 9 heteroatoms. The maximum atomic E-state index is 12.9. The molecule has 0 aliphatic heterocycles. The Labute approximate surface area is 477 Å². The summed E-state index contributed by atoms with van der Waals surface area (Å²) in [6, 6.07) is 0. The highest BCUT2D eigenvalue weighted by Crippen LogP contribution is 2.18. The zero-order chi connectivity index (χ0) is 56.2. The van der Waals surface area contributed by atoms with E-state index in [1.54, 1.807) is 0 Å². The van der Waals surface area contributed by atoms with Crippen LogP contribution in [0.3, 0.4) is 0 Å². The van der Waals surface area contributed by atoms with Gasteiger partial charge < -0.3 is 28.5 Å². The molecule has 0 aliphatic rings. The van der Waals surface area contributed by atoms with Gasteiger partial charge in [-0.15, -0.1) is 0 Å². The van der Waals surface area contributed by atoms with Crippen LogP contribution in [0.4, 0.5) is 0 Å². The molecule has 0 spiro atoms. The first-order valence-corrected chi connectivity index (χ1v) is 33.2. The number of carbonyl (C=O) groups is 3. The van der Waals surface area contributed by atoms with Gasteiger partial charge in [0.1, 0.15) is 13.2 Å². The third-order valence-electron chi connectivity index (χ3n) is 14.9. The number of carboxylic acids is 1. The van der Waals surface area contributed by atoms with Gasteiger partial charge in [0.25, 0.3) is 6.29 Å². The van der Waals surface area contributed by atoms with Crippen molar-refractivity contribution in [3.05, 3.63) is 36.5 Å². The minimum absolute atomic E-state index is 0.175. The third kappa shape index (κ3) is 61.0. The Balaban J connectivity index is 3.92. The number of aliphatic carboxylic acids is 1. The number of hydrogen-bond donors (Lipinski definition) is 1. The van der Waals surface area contributed by atoms with E-state index >= 15 is 0 Å². The molecule has 2 atom stereocenters. The van der Waals surface area contributed by atoms with Crippen molar-refractivity contribution in [1.29, 1.82) is 0 Å². The Bertz CT molecular complexity index is 1360. The molecule has 9 nitrogen and oxygen atoms in total. The van der Waals surface area contributed by atoms with Crippen LogP contribution in [0.25, 0.3) is 0 Å². The standard InChI is InChI=1S/C68H127NO8/c1-6-8-10-12-14-16-18-20-21-22-23-24-25-26-27-28-29-30-31-32-33-34-35-36-37-38-39-40-41-42-43-44-45-47-49-51-53-55-57-59-66(71)77-64(63-76-68(67(72)73)74-61-60-69(3,4)5)62-75-65(70)58-56-54-52-50-48-46-19-17-15-13-11-9-7-2/h18,20,22-23,25-26,64,68H,6-17,19,21,24,27-63H2,1-5H3/p+1/b20-18-,23-22-,26-25-. The maximum Gasteiger partial charge on any atom is 0.361 e. The first-order valence-electron chi connectivity index (χ1n) is 33.2. The van der Waals surface area contributed by atoms with Gasteiger partial charge in [0, 0.05) is 12.8 Å². The number of esters is 2. The average molecular weight is 1090 g/mol. The number of allylic oxidation sites excluding steroid dienone is 6. The van der Waals surface area contributed by atoms with Gasteiger partial charge in [-0.1, -0.05) is 294 Å². The van der Waals surface area contributed by atoms with Gasteiger partial charge in [0.2, 0.25) is 0 Å². The molecule has 0 saturated carbocycles. The first kappa shape index (κ1) is 74.5. The topological polar surface area (TPSA) is 108 Å². The second-order valence-corrected chi connectivity index (χ2v) is 23.8. The van der Waals surface area contributed by atoms with E-state index in [1.165, 1.54) is 244 Å². The van der Waals surface area contributed by atoms with Gasteiger partial charge in [0.05, 0.1) is 34.4 Å². The lowest BCUT2D eigenvalue weighted by Gasteiger charge is -2.25. The van der Waals surface area contributed by atoms with Crippen LogP contribution in [0.2, 0.25) is 0 Å². The largest absolute Gasteiger partial charge is 0.477 e. The fraction of sp³-hybridized carbons (Fsp3) is 0.868. The summed E-state index contributed by atoms with van der Waals surface area (Å²) in [5.41, 5.74) is 0. The number of carbonyl (C=O) groups excluding carboxylic acids is 2. The summed E-state index contributed by atoms with van der Waals surface area (Å²) in [4.78, 5) is 37.4.